The maximum Gasteiger partial charge on any atom is 0.129 e. The van der Waals surface area contributed by atoms with Gasteiger partial charge in [-0.25, -0.2) is 0 Å². The zero-order chi connectivity index (χ0) is 13.5. The Morgan fingerprint density at radius 1 is 1.16 bits per heavy atom. The molecule has 1 atom stereocenters. The van der Waals surface area contributed by atoms with E-state index in [0.29, 0.717) is 24.3 Å². The molecule has 1 unspecified atom stereocenters. The summed E-state index contributed by atoms with van der Waals surface area (Å²) in [4.78, 5) is 0. The molecule has 0 radical (unpaired) electrons. The second-order valence-corrected chi connectivity index (χ2v) is 5.42. The Bertz CT molecular complexity index is 358. The van der Waals surface area contributed by atoms with E-state index in [2.05, 4.69) is 5.32 Å². The molecule has 1 aromatic heterocycles. The number of hydrogen-bond acceptors (Lipinski definition) is 4. The monoisotopic (exact) mass is 267 g/mol. The van der Waals surface area contributed by atoms with Crippen molar-refractivity contribution in [2.75, 3.05) is 6.61 Å². The molecule has 0 aromatic carbocycles. The molecule has 2 rings (SSSR count). The van der Waals surface area contributed by atoms with Gasteiger partial charge in [-0.05, 0) is 37.3 Å². The summed E-state index contributed by atoms with van der Waals surface area (Å²) in [6.07, 6.45) is 7.29. The summed E-state index contributed by atoms with van der Waals surface area (Å²) in [7, 11) is 0. The van der Waals surface area contributed by atoms with Gasteiger partial charge in [-0.1, -0.05) is 19.3 Å². The molecule has 0 saturated heterocycles. The molecule has 0 aliphatic heterocycles. The summed E-state index contributed by atoms with van der Waals surface area (Å²) in [5, 5.41) is 21.7. The third kappa shape index (κ3) is 4.34. The Kier molecular flexibility index (Phi) is 5.89. The molecule has 1 heterocycles. The average molecular weight is 267 g/mol. The predicted molar refractivity (Wildman–Crippen MR) is 73.5 cm³/mol. The van der Waals surface area contributed by atoms with Crippen molar-refractivity contribution >= 4 is 0 Å². The van der Waals surface area contributed by atoms with Gasteiger partial charge < -0.3 is 19.9 Å². The lowest BCUT2D eigenvalue weighted by Gasteiger charge is -2.30. The predicted octanol–water partition coefficient (Wildman–Crippen LogP) is 2.19. The first-order valence-corrected chi connectivity index (χ1v) is 7.36. The summed E-state index contributed by atoms with van der Waals surface area (Å²) in [5.41, 5.74) is 0. The van der Waals surface area contributed by atoms with Crippen molar-refractivity contribution in [2.45, 2.75) is 57.7 Å². The normalized spacial score (nSPS) is 18.6. The highest BCUT2D eigenvalue weighted by Crippen LogP contribution is 2.28. The van der Waals surface area contributed by atoms with Crippen molar-refractivity contribution in [3.05, 3.63) is 23.7 Å². The first kappa shape index (κ1) is 14.6. The minimum atomic E-state index is -0.0529. The lowest BCUT2D eigenvalue weighted by Crippen LogP contribution is -2.37. The first-order valence-electron chi connectivity index (χ1n) is 7.36. The molecule has 1 aliphatic carbocycles. The molecule has 4 heteroatoms. The molecule has 19 heavy (non-hydrogen) atoms. The second kappa shape index (κ2) is 7.68. The van der Waals surface area contributed by atoms with Crippen molar-refractivity contribution in [1.29, 1.82) is 0 Å². The summed E-state index contributed by atoms with van der Waals surface area (Å²) in [6.45, 7) is 0.845. The van der Waals surface area contributed by atoms with Gasteiger partial charge in [-0.3, -0.25) is 0 Å². The van der Waals surface area contributed by atoms with E-state index in [1.165, 1.54) is 32.1 Å². The second-order valence-electron chi connectivity index (χ2n) is 5.42. The van der Waals surface area contributed by atoms with Crippen LogP contribution in [0.2, 0.25) is 0 Å². The third-order valence-electron chi connectivity index (χ3n) is 4.07. The van der Waals surface area contributed by atoms with Crippen molar-refractivity contribution in [2.24, 2.45) is 5.92 Å². The molecule has 4 nitrogen and oxygen atoms in total. The van der Waals surface area contributed by atoms with Gasteiger partial charge in [0.05, 0.1) is 6.54 Å². The van der Waals surface area contributed by atoms with E-state index in [-0.39, 0.29) is 13.2 Å². The topological polar surface area (TPSA) is 65.6 Å². The Morgan fingerprint density at radius 3 is 2.53 bits per heavy atom. The smallest absolute Gasteiger partial charge is 0.129 e. The Hall–Kier alpha value is -0.840. The molecular formula is C15H25NO3. The zero-order valence-corrected chi connectivity index (χ0v) is 11.5. The Balaban J connectivity index is 1.85. The van der Waals surface area contributed by atoms with Crippen molar-refractivity contribution < 1.29 is 14.6 Å². The maximum absolute atomic E-state index is 9.21. The minimum absolute atomic E-state index is 0.0529. The zero-order valence-electron chi connectivity index (χ0n) is 11.5. The molecular weight excluding hydrogens is 242 g/mol. The fourth-order valence-electron chi connectivity index (χ4n) is 3.01. The van der Waals surface area contributed by atoms with E-state index >= 15 is 0 Å². The van der Waals surface area contributed by atoms with Crippen molar-refractivity contribution in [3.8, 4) is 0 Å². The third-order valence-corrected chi connectivity index (χ3v) is 4.07. The van der Waals surface area contributed by atoms with E-state index in [9.17, 15) is 5.11 Å². The molecule has 3 N–H and O–H groups in total. The average Bonchev–Trinajstić information content (AvgIpc) is 2.92. The number of hydrogen-bond donors (Lipinski definition) is 3. The van der Waals surface area contributed by atoms with Crippen LogP contribution < -0.4 is 5.32 Å². The van der Waals surface area contributed by atoms with Crippen LogP contribution in [0.4, 0.5) is 0 Å². The first-order chi connectivity index (χ1) is 9.33. The molecule has 1 fully saturated rings. The standard InChI is InChI=1S/C15H25NO3/c17-9-8-15(12-4-2-1-3-5-12)16-10-13-6-7-14(11-18)19-13/h6-7,12,15-18H,1-5,8-11H2. The lowest BCUT2D eigenvalue weighted by atomic mass is 9.83. The van der Waals surface area contributed by atoms with Gasteiger partial charge >= 0.3 is 0 Å². The molecule has 108 valence electrons. The summed E-state index contributed by atoms with van der Waals surface area (Å²) in [6, 6.07) is 4.07. The summed E-state index contributed by atoms with van der Waals surface area (Å²) >= 11 is 0. The van der Waals surface area contributed by atoms with E-state index in [1.807, 2.05) is 6.07 Å². The van der Waals surface area contributed by atoms with Crippen LogP contribution in [0.5, 0.6) is 0 Å². The van der Waals surface area contributed by atoms with Crippen LogP contribution in [0.1, 0.15) is 50.0 Å². The Morgan fingerprint density at radius 2 is 1.89 bits per heavy atom. The number of rotatable bonds is 7. The van der Waals surface area contributed by atoms with Gasteiger partial charge in [0.2, 0.25) is 0 Å². The summed E-state index contributed by atoms with van der Waals surface area (Å²) < 4.78 is 5.47. The molecule has 0 spiro atoms. The van der Waals surface area contributed by atoms with E-state index in [0.717, 1.165) is 12.2 Å². The number of aliphatic hydroxyl groups excluding tert-OH is 2. The van der Waals surface area contributed by atoms with Gasteiger partial charge in [-0.2, -0.15) is 0 Å². The molecule has 0 bridgehead atoms. The number of furan rings is 1. The fraction of sp³-hybridized carbons (Fsp3) is 0.733. The number of aliphatic hydroxyl groups is 2. The lowest BCUT2D eigenvalue weighted by molar-refractivity contribution is 0.201. The van der Waals surface area contributed by atoms with Crippen molar-refractivity contribution in [3.63, 3.8) is 0 Å². The van der Waals surface area contributed by atoms with Gasteiger partial charge in [0.15, 0.2) is 0 Å². The van der Waals surface area contributed by atoms with Gasteiger partial charge in [0.1, 0.15) is 18.1 Å². The molecule has 0 amide bonds. The van der Waals surface area contributed by atoms with E-state index in [4.69, 9.17) is 9.52 Å². The summed E-state index contributed by atoms with van der Waals surface area (Å²) in [5.74, 6) is 2.13. The van der Waals surface area contributed by atoms with Crippen LogP contribution in [0, 0.1) is 5.92 Å². The van der Waals surface area contributed by atoms with Crippen LogP contribution in [-0.2, 0) is 13.2 Å². The SMILES string of the molecule is OCCC(NCc1ccc(CO)o1)C1CCCCC1. The Labute approximate surface area is 114 Å². The van der Waals surface area contributed by atoms with Crippen LogP contribution in [0.15, 0.2) is 16.5 Å². The fourth-order valence-corrected chi connectivity index (χ4v) is 3.01. The molecule has 1 aliphatic rings. The maximum atomic E-state index is 9.21. The van der Waals surface area contributed by atoms with Gasteiger partial charge in [0, 0.05) is 12.6 Å². The van der Waals surface area contributed by atoms with E-state index < -0.39 is 0 Å². The highest BCUT2D eigenvalue weighted by atomic mass is 16.4. The minimum Gasteiger partial charge on any atom is -0.462 e. The van der Waals surface area contributed by atoms with Crippen LogP contribution in [-0.4, -0.2) is 22.9 Å². The highest BCUT2D eigenvalue weighted by molar-refractivity contribution is 5.06. The van der Waals surface area contributed by atoms with Crippen LogP contribution >= 0.6 is 0 Å². The van der Waals surface area contributed by atoms with Gasteiger partial charge in [-0.15, -0.1) is 0 Å². The molecule has 1 saturated carbocycles. The van der Waals surface area contributed by atoms with Crippen LogP contribution in [0.25, 0.3) is 0 Å². The van der Waals surface area contributed by atoms with Crippen LogP contribution in [0.3, 0.4) is 0 Å². The van der Waals surface area contributed by atoms with Gasteiger partial charge in [0.25, 0.3) is 0 Å². The highest BCUT2D eigenvalue weighted by Gasteiger charge is 2.23. The van der Waals surface area contributed by atoms with E-state index in [1.54, 1.807) is 6.07 Å². The number of nitrogens with one attached hydrogen (secondary N) is 1. The quantitative estimate of drug-likeness (QED) is 0.708. The molecule has 1 aromatic rings. The largest absolute Gasteiger partial charge is 0.462 e. The van der Waals surface area contributed by atoms with Crippen molar-refractivity contribution in [1.82, 2.24) is 5.32 Å².